The normalized spacial score (nSPS) is 15.3. The van der Waals surface area contributed by atoms with Gasteiger partial charge in [-0.05, 0) is 54.0 Å². The molecule has 4 aromatic heterocycles. The van der Waals surface area contributed by atoms with Crippen molar-refractivity contribution in [1.82, 2.24) is 44.6 Å². The third kappa shape index (κ3) is 6.08. The maximum Gasteiger partial charge on any atom is 0.387 e. The molecule has 14 nitrogen and oxygen atoms in total. The van der Waals surface area contributed by atoms with Crippen molar-refractivity contribution in [2.45, 2.75) is 45.3 Å². The molecule has 18 heteroatoms. The van der Waals surface area contributed by atoms with Crippen molar-refractivity contribution >= 4 is 17.2 Å². The van der Waals surface area contributed by atoms with Crippen LogP contribution in [0.2, 0.25) is 0 Å². The summed E-state index contributed by atoms with van der Waals surface area (Å²) < 4.78 is 71.9. The SMILES string of the molecule is O=C(Nc1cn(Cc2nnnn2C2CCCCO2)nc1-c1cc(OC(F)F)ccc1OC(F)F)c1cnn2cccnc12. The van der Waals surface area contributed by atoms with E-state index in [0.29, 0.717) is 18.9 Å². The Balaban J connectivity index is 1.41. The molecule has 1 saturated heterocycles. The number of tetrazole rings is 1. The summed E-state index contributed by atoms with van der Waals surface area (Å²) in [5, 5.41) is 23.1. The lowest BCUT2D eigenvalue weighted by Gasteiger charge is -2.22. The number of anilines is 1. The molecule has 1 fully saturated rings. The molecular weight excluding hydrogens is 580 g/mol. The Kier molecular flexibility index (Phi) is 7.82. The summed E-state index contributed by atoms with van der Waals surface area (Å²) in [7, 11) is 0. The number of amides is 1. The predicted octanol–water partition coefficient (Wildman–Crippen LogP) is 3.78. The van der Waals surface area contributed by atoms with Crippen molar-refractivity contribution in [3.63, 3.8) is 0 Å². The van der Waals surface area contributed by atoms with Gasteiger partial charge in [-0.3, -0.25) is 9.48 Å². The van der Waals surface area contributed by atoms with Gasteiger partial charge in [0.2, 0.25) is 0 Å². The Morgan fingerprint density at radius 3 is 2.81 bits per heavy atom. The van der Waals surface area contributed by atoms with Gasteiger partial charge in [-0.1, -0.05) is 0 Å². The molecule has 5 heterocycles. The van der Waals surface area contributed by atoms with Gasteiger partial charge in [-0.2, -0.15) is 32.4 Å². The third-order valence-electron chi connectivity index (χ3n) is 6.47. The number of benzene rings is 1. The van der Waals surface area contributed by atoms with Gasteiger partial charge in [0.15, 0.2) is 17.7 Å². The fraction of sp³-hybridized carbons (Fsp3) is 0.320. The number of carbonyl (C=O) groups excluding carboxylic acids is 1. The fourth-order valence-electron chi connectivity index (χ4n) is 4.64. The van der Waals surface area contributed by atoms with Crippen LogP contribution >= 0.6 is 0 Å². The van der Waals surface area contributed by atoms with Gasteiger partial charge < -0.3 is 19.5 Å². The monoisotopic (exact) mass is 602 g/mol. The second kappa shape index (κ2) is 12.0. The van der Waals surface area contributed by atoms with Gasteiger partial charge in [-0.25, -0.2) is 9.50 Å². The summed E-state index contributed by atoms with van der Waals surface area (Å²) in [5.74, 6) is -1.02. The summed E-state index contributed by atoms with van der Waals surface area (Å²) in [5.41, 5.74) is 0.162. The van der Waals surface area contributed by atoms with Crippen LogP contribution in [0.4, 0.5) is 23.2 Å². The minimum absolute atomic E-state index is 0.0216. The lowest BCUT2D eigenvalue weighted by Crippen LogP contribution is -2.22. The van der Waals surface area contributed by atoms with Gasteiger partial charge in [-0.15, -0.1) is 5.10 Å². The zero-order chi connectivity index (χ0) is 29.9. The minimum atomic E-state index is -3.24. The van der Waals surface area contributed by atoms with Gasteiger partial charge >= 0.3 is 13.2 Å². The van der Waals surface area contributed by atoms with E-state index in [1.54, 1.807) is 12.3 Å². The Morgan fingerprint density at radius 1 is 1.16 bits per heavy atom. The van der Waals surface area contributed by atoms with Crippen LogP contribution in [0.25, 0.3) is 16.9 Å². The number of hydrogen-bond acceptors (Lipinski definition) is 10. The van der Waals surface area contributed by atoms with E-state index in [1.165, 1.54) is 32.5 Å². The first-order valence-corrected chi connectivity index (χ1v) is 13.0. The predicted molar refractivity (Wildman–Crippen MR) is 138 cm³/mol. The number of carbonyl (C=O) groups is 1. The highest BCUT2D eigenvalue weighted by atomic mass is 19.3. The zero-order valence-corrected chi connectivity index (χ0v) is 22.1. The van der Waals surface area contributed by atoms with E-state index in [4.69, 9.17) is 4.74 Å². The number of ether oxygens (including phenoxy) is 3. The molecular formula is C25H22F4N10O4. The smallest absolute Gasteiger partial charge is 0.387 e. The van der Waals surface area contributed by atoms with Gasteiger partial charge in [0, 0.05) is 25.2 Å². The molecule has 1 aliphatic heterocycles. The average Bonchev–Trinajstić information content (AvgIpc) is 3.73. The number of hydrogen-bond donors (Lipinski definition) is 1. The topological polar surface area (TPSA) is 148 Å². The number of halogens is 4. The van der Waals surface area contributed by atoms with Crippen LogP contribution in [0.15, 0.2) is 49.1 Å². The van der Waals surface area contributed by atoms with Crippen LogP contribution in [-0.2, 0) is 11.3 Å². The first-order chi connectivity index (χ1) is 20.9. The van der Waals surface area contributed by atoms with Crippen LogP contribution in [0.3, 0.4) is 0 Å². The molecule has 0 spiro atoms. The second-order valence-electron chi connectivity index (χ2n) is 9.27. The molecule has 6 rings (SSSR count). The Morgan fingerprint density at radius 2 is 2.02 bits per heavy atom. The standard InChI is InChI=1S/C25H22F4N10O4/c26-24(27)42-14-5-6-18(43-25(28)29)15(10-14)21-17(32-23(40)16-11-31-38-8-3-7-30-22(16)38)12-37(34-21)13-19-33-35-36-39(19)20-4-1-2-9-41-20/h3,5-8,10-12,20,24-25H,1-2,4,9,13H2,(H,32,40). The number of rotatable bonds is 10. The largest absolute Gasteiger partial charge is 0.435 e. The molecule has 0 radical (unpaired) electrons. The maximum atomic E-state index is 13.4. The van der Waals surface area contributed by atoms with E-state index < -0.39 is 24.9 Å². The quantitative estimate of drug-likeness (QED) is 0.234. The van der Waals surface area contributed by atoms with Crippen LogP contribution in [-0.4, -0.2) is 70.3 Å². The molecule has 43 heavy (non-hydrogen) atoms. The molecule has 224 valence electrons. The number of alkyl halides is 4. The van der Waals surface area contributed by atoms with E-state index in [9.17, 15) is 22.4 Å². The highest BCUT2D eigenvalue weighted by Gasteiger charge is 2.25. The minimum Gasteiger partial charge on any atom is -0.435 e. The van der Waals surface area contributed by atoms with E-state index in [0.717, 1.165) is 31.0 Å². The average molecular weight is 603 g/mol. The van der Waals surface area contributed by atoms with E-state index >= 15 is 0 Å². The molecule has 1 aromatic carbocycles. The van der Waals surface area contributed by atoms with Gasteiger partial charge in [0.05, 0.1) is 17.4 Å². The lowest BCUT2D eigenvalue weighted by molar-refractivity contribution is -0.0526. The fourth-order valence-corrected chi connectivity index (χ4v) is 4.64. The zero-order valence-electron chi connectivity index (χ0n) is 22.1. The molecule has 0 bridgehead atoms. The van der Waals surface area contributed by atoms with Crippen molar-refractivity contribution in [2.24, 2.45) is 0 Å². The summed E-state index contributed by atoms with van der Waals surface area (Å²) in [6.45, 7) is -5.90. The summed E-state index contributed by atoms with van der Waals surface area (Å²) >= 11 is 0. The molecule has 0 aliphatic carbocycles. The highest BCUT2D eigenvalue weighted by molar-refractivity contribution is 6.09. The number of fused-ring (bicyclic) bond motifs is 1. The van der Waals surface area contributed by atoms with Crippen molar-refractivity contribution in [3.05, 3.63) is 60.4 Å². The number of nitrogens with zero attached hydrogens (tertiary/aromatic N) is 9. The van der Waals surface area contributed by atoms with Crippen molar-refractivity contribution < 1.29 is 36.6 Å². The van der Waals surface area contributed by atoms with E-state index in [-0.39, 0.29) is 46.7 Å². The molecule has 1 atom stereocenters. The van der Waals surface area contributed by atoms with Gasteiger partial charge in [0.25, 0.3) is 5.91 Å². The molecule has 5 aromatic rings. The van der Waals surface area contributed by atoms with E-state index in [2.05, 4.69) is 45.5 Å². The first-order valence-electron chi connectivity index (χ1n) is 13.0. The number of aromatic nitrogens is 9. The summed E-state index contributed by atoms with van der Waals surface area (Å²) in [6, 6.07) is 4.78. The van der Waals surface area contributed by atoms with Crippen LogP contribution in [0.5, 0.6) is 11.5 Å². The van der Waals surface area contributed by atoms with Crippen molar-refractivity contribution in [1.29, 1.82) is 0 Å². The van der Waals surface area contributed by atoms with Crippen molar-refractivity contribution in [2.75, 3.05) is 11.9 Å². The Labute approximate surface area is 239 Å². The second-order valence-corrected chi connectivity index (χ2v) is 9.27. The Hall–Kier alpha value is -5.13. The lowest BCUT2D eigenvalue weighted by atomic mass is 10.1. The number of nitrogens with one attached hydrogen (secondary N) is 1. The first kappa shape index (κ1) is 28.0. The third-order valence-corrected chi connectivity index (χ3v) is 6.47. The van der Waals surface area contributed by atoms with Crippen LogP contribution in [0, 0.1) is 0 Å². The molecule has 1 N–H and O–H groups in total. The Bertz CT molecular complexity index is 1730. The molecule has 0 saturated carbocycles. The molecule has 1 aliphatic rings. The van der Waals surface area contributed by atoms with Crippen LogP contribution < -0.4 is 14.8 Å². The molecule has 1 unspecified atom stereocenters. The highest BCUT2D eigenvalue weighted by Crippen LogP contribution is 2.38. The van der Waals surface area contributed by atoms with E-state index in [1.807, 2.05) is 0 Å². The van der Waals surface area contributed by atoms with Crippen LogP contribution in [0.1, 0.15) is 41.7 Å². The maximum absolute atomic E-state index is 13.4. The van der Waals surface area contributed by atoms with Gasteiger partial charge in [0.1, 0.15) is 29.3 Å². The summed E-state index contributed by atoms with van der Waals surface area (Å²) in [4.78, 5) is 17.5. The molecule has 1 amide bonds. The van der Waals surface area contributed by atoms with Crippen molar-refractivity contribution in [3.8, 4) is 22.8 Å². The summed E-state index contributed by atoms with van der Waals surface area (Å²) in [6.07, 6.45) is 7.97.